The first-order valence-electron chi connectivity index (χ1n) is 4.33. The normalized spacial score (nSPS) is 9.47. The van der Waals surface area contributed by atoms with Gasteiger partial charge in [-0.25, -0.2) is 0 Å². The molecule has 0 unspecified atom stereocenters. The molecular formula is C11H10O4. The summed E-state index contributed by atoms with van der Waals surface area (Å²) < 4.78 is 4.79. The maximum Gasteiger partial charge on any atom is 0.308 e. The van der Waals surface area contributed by atoms with Crippen LogP contribution >= 0.6 is 0 Å². The summed E-state index contributed by atoms with van der Waals surface area (Å²) in [6.07, 6.45) is 0.546. The standard InChI is InChI=1S/C11H10O4/c1-7(13)9-3-4-11(15-8(2)14)10(5-9)6-12/h3-6H,1-2H3. The molecular weight excluding hydrogens is 196 g/mol. The Kier molecular flexibility index (Phi) is 3.33. The number of ketones is 1. The molecule has 0 aliphatic rings. The summed E-state index contributed by atoms with van der Waals surface area (Å²) in [5.74, 6) is -0.483. The topological polar surface area (TPSA) is 60.4 Å². The van der Waals surface area contributed by atoms with E-state index in [9.17, 15) is 14.4 Å². The van der Waals surface area contributed by atoms with Crippen LogP contribution in [0.25, 0.3) is 0 Å². The van der Waals surface area contributed by atoms with E-state index in [1.54, 1.807) is 0 Å². The summed E-state index contributed by atoms with van der Waals surface area (Å²) in [7, 11) is 0. The van der Waals surface area contributed by atoms with Crippen LogP contribution in [0.1, 0.15) is 34.6 Å². The number of hydrogen-bond acceptors (Lipinski definition) is 4. The van der Waals surface area contributed by atoms with Gasteiger partial charge in [0, 0.05) is 12.5 Å². The molecule has 4 nitrogen and oxygen atoms in total. The van der Waals surface area contributed by atoms with Gasteiger partial charge >= 0.3 is 5.97 Å². The Balaban J connectivity index is 3.14. The van der Waals surface area contributed by atoms with Gasteiger partial charge in [-0.05, 0) is 25.1 Å². The third-order valence-electron chi connectivity index (χ3n) is 1.80. The van der Waals surface area contributed by atoms with Gasteiger partial charge in [-0.2, -0.15) is 0 Å². The Morgan fingerprint density at radius 2 is 1.93 bits per heavy atom. The van der Waals surface area contributed by atoms with Crippen molar-refractivity contribution in [2.75, 3.05) is 0 Å². The average Bonchev–Trinajstić information content (AvgIpc) is 2.17. The van der Waals surface area contributed by atoms with Crippen LogP contribution in [0.2, 0.25) is 0 Å². The van der Waals surface area contributed by atoms with Crippen molar-refractivity contribution in [3.8, 4) is 5.75 Å². The Bertz CT molecular complexity index is 421. The SMILES string of the molecule is CC(=O)Oc1ccc(C(C)=O)cc1C=O. The monoisotopic (exact) mass is 206 g/mol. The van der Waals surface area contributed by atoms with E-state index in [0.717, 1.165) is 0 Å². The van der Waals surface area contributed by atoms with Gasteiger partial charge in [0.25, 0.3) is 0 Å². The van der Waals surface area contributed by atoms with Crippen LogP contribution < -0.4 is 4.74 Å². The Morgan fingerprint density at radius 1 is 1.27 bits per heavy atom. The fourth-order valence-electron chi connectivity index (χ4n) is 1.11. The van der Waals surface area contributed by atoms with Crippen molar-refractivity contribution in [3.63, 3.8) is 0 Å². The van der Waals surface area contributed by atoms with E-state index in [2.05, 4.69) is 0 Å². The average molecular weight is 206 g/mol. The lowest BCUT2D eigenvalue weighted by molar-refractivity contribution is -0.131. The maximum absolute atomic E-state index is 11.0. The minimum atomic E-state index is -0.506. The molecule has 0 bridgehead atoms. The van der Waals surface area contributed by atoms with E-state index in [1.807, 2.05) is 0 Å². The summed E-state index contributed by atoms with van der Waals surface area (Å²) in [5.41, 5.74) is 0.603. The maximum atomic E-state index is 11.0. The Morgan fingerprint density at radius 3 is 2.40 bits per heavy atom. The number of Topliss-reactive ketones (excluding diaryl/α,β-unsaturated/α-hetero) is 1. The minimum absolute atomic E-state index is 0.146. The van der Waals surface area contributed by atoms with Crippen molar-refractivity contribution in [3.05, 3.63) is 29.3 Å². The summed E-state index contributed by atoms with van der Waals surface area (Å²) in [6.45, 7) is 2.64. The number of esters is 1. The molecule has 1 aromatic carbocycles. The highest BCUT2D eigenvalue weighted by Gasteiger charge is 2.08. The second kappa shape index (κ2) is 4.50. The van der Waals surface area contributed by atoms with E-state index in [0.29, 0.717) is 11.8 Å². The van der Waals surface area contributed by atoms with E-state index < -0.39 is 5.97 Å². The predicted molar refractivity (Wildman–Crippen MR) is 53.1 cm³/mol. The first-order valence-corrected chi connectivity index (χ1v) is 4.33. The van der Waals surface area contributed by atoms with Crippen LogP contribution in [-0.4, -0.2) is 18.0 Å². The Hall–Kier alpha value is -1.97. The van der Waals surface area contributed by atoms with Gasteiger partial charge in [-0.15, -0.1) is 0 Å². The number of carbonyl (C=O) groups excluding carboxylic acids is 3. The van der Waals surface area contributed by atoms with E-state index in [4.69, 9.17) is 4.74 Å². The molecule has 1 aromatic rings. The van der Waals surface area contributed by atoms with E-state index >= 15 is 0 Å². The minimum Gasteiger partial charge on any atom is -0.426 e. The number of rotatable bonds is 3. The van der Waals surface area contributed by atoms with Crippen LogP contribution in [0, 0.1) is 0 Å². The molecule has 0 spiro atoms. The Labute approximate surface area is 86.9 Å². The fourth-order valence-corrected chi connectivity index (χ4v) is 1.11. The highest BCUT2D eigenvalue weighted by molar-refractivity contribution is 5.96. The van der Waals surface area contributed by atoms with Crippen molar-refractivity contribution in [2.24, 2.45) is 0 Å². The van der Waals surface area contributed by atoms with Crippen LogP contribution in [0.4, 0.5) is 0 Å². The molecule has 0 aliphatic carbocycles. The lowest BCUT2D eigenvalue weighted by atomic mass is 10.1. The van der Waals surface area contributed by atoms with Crippen molar-refractivity contribution in [1.29, 1.82) is 0 Å². The smallest absolute Gasteiger partial charge is 0.308 e. The molecule has 1 rings (SSSR count). The van der Waals surface area contributed by atoms with Crippen molar-refractivity contribution in [1.82, 2.24) is 0 Å². The predicted octanol–water partition coefficient (Wildman–Crippen LogP) is 1.63. The molecule has 0 heterocycles. The van der Waals surface area contributed by atoms with Gasteiger partial charge in [0.05, 0.1) is 5.56 Å². The number of hydrogen-bond donors (Lipinski definition) is 0. The molecule has 0 fully saturated rings. The molecule has 4 heteroatoms. The summed E-state index contributed by atoms with van der Waals surface area (Å²) in [6, 6.07) is 4.34. The molecule has 0 aromatic heterocycles. The first-order chi connectivity index (χ1) is 7.04. The quantitative estimate of drug-likeness (QED) is 0.326. The second-order valence-electron chi connectivity index (χ2n) is 3.02. The molecule has 0 amide bonds. The highest BCUT2D eigenvalue weighted by Crippen LogP contribution is 2.18. The van der Waals surface area contributed by atoms with Crippen LogP contribution in [0.5, 0.6) is 5.75 Å². The third kappa shape index (κ3) is 2.74. The van der Waals surface area contributed by atoms with Crippen molar-refractivity contribution < 1.29 is 19.1 Å². The fraction of sp³-hybridized carbons (Fsp3) is 0.182. The van der Waals surface area contributed by atoms with Gasteiger partial charge in [0.1, 0.15) is 5.75 Å². The van der Waals surface area contributed by atoms with Gasteiger partial charge in [0.2, 0.25) is 0 Å². The van der Waals surface area contributed by atoms with Crippen molar-refractivity contribution in [2.45, 2.75) is 13.8 Å². The highest BCUT2D eigenvalue weighted by atomic mass is 16.5. The zero-order chi connectivity index (χ0) is 11.4. The zero-order valence-corrected chi connectivity index (χ0v) is 8.44. The van der Waals surface area contributed by atoms with Crippen LogP contribution in [-0.2, 0) is 4.79 Å². The molecule has 0 saturated heterocycles. The van der Waals surface area contributed by atoms with Crippen molar-refractivity contribution >= 4 is 18.0 Å². The summed E-state index contributed by atoms with van der Waals surface area (Å²) in [4.78, 5) is 32.4. The number of benzene rings is 1. The molecule has 78 valence electrons. The lowest BCUT2D eigenvalue weighted by Crippen LogP contribution is -2.04. The molecule has 0 saturated carbocycles. The van der Waals surface area contributed by atoms with E-state index in [1.165, 1.54) is 32.0 Å². The van der Waals surface area contributed by atoms with E-state index in [-0.39, 0.29) is 17.1 Å². The molecule has 0 aliphatic heterocycles. The van der Waals surface area contributed by atoms with Gasteiger partial charge in [-0.3, -0.25) is 14.4 Å². The number of ether oxygens (including phenoxy) is 1. The summed E-state index contributed by atoms with van der Waals surface area (Å²) in [5, 5.41) is 0. The van der Waals surface area contributed by atoms with Crippen LogP contribution in [0.15, 0.2) is 18.2 Å². The number of aldehydes is 1. The zero-order valence-electron chi connectivity index (χ0n) is 8.44. The second-order valence-corrected chi connectivity index (χ2v) is 3.02. The number of carbonyl (C=O) groups is 3. The lowest BCUT2D eigenvalue weighted by Gasteiger charge is -2.05. The van der Waals surface area contributed by atoms with Gasteiger partial charge < -0.3 is 4.74 Å². The first kappa shape index (κ1) is 11.1. The molecule has 15 heavy (non-hydrogen) atoms. The largest absolute Gasteiger partial charge is 0.426 e. The molecule has 0 N–H and O–H groups in total. The molecule has 0 radical (unpaired) electrons. The van der Waals surface area contributed by atoms with Gasteiger partial charge in [-0.1, -0.05) is 0 Å². The van der Waals surface area contributed by atoms with Crippen LogP contribution in [0.3, 0.4) is 0 Å². The van der Waals surface area contributed by atoms with Gasteiger partial charge in [0.15, 0.2) is 12.1 Å². The molecule has 0 atom stereocenters. The summed E-state index contributed by atoms with van der Waals surface area (Å²) >= 11 is 0. The third-order valence-corrected chi connectivity index (χ3v) is 1.80.